The highest BCUT2D eigenvalue weighted by atomic mass is 79.9. The van der Waals surface area contributed by atoms with Crippen molar-refractivity contribution in [3.63, 3.8) is 0 Å². The van der Waals surface area contributed by atoms with Crippen LogP contribution in [0.4, 0.5) is 4.39 Å². The van der Waals surface area contributed by atoms with E-state index in [4.69, 9.17) is 0 Å². The summed E-state index contributed by atoms with van der Waals surface area (Å²) in [6.07, 6.45) is 0. The molecular weight excluding hydrogens is 305 g/mol. The van der Waals surface area contributed by atoms with Crippen molar-refractivity contribution in [1.82, 2.24) is 4.90 Å². The molecule has 0 bridgehead atoms. The molecule has 0 atom stereocenters. The average Bonchev–Trinajstić information content (AvgIpc) is 2.33. The van der Waals surface area contributed by atoms with Crippen molar-refractivity contribution in [1.29, 1.82) is 0 Å². The fourth-order valence-corrected chi connectivity index (χ4v) is 1.87. The Hall–Kier alpha value is -1.43. The molecule has 0 aromatic heterocycles. The van der Waals surface area contributed by atoms with E-state index < -0.39 is 17.7 Å². The molecule has 1 amide bonds. The SMILES string of the molecule is CCN(CC(=O)OC)C(=O)c1cc(F)cc(Br)c1. The molecular formula is C12H13BrFNO3. The number of rotatable bonds is 4. The summed E-state index contributed by atoms with van der Waals surface area (Å²) in [6.45, 7) is 1.91. The smallest absolute Gasteiger partial charge is 0.325 e. The van der Waals surface area contributed by atoms with Crippen LogP contribution in [0.5, 0.6) is 0 Å². The van der Waals surface area contributed by atoms with Crippen LogP contribution in [0.1, 0.15) is 17.3 Å². The Morgan fingerprint density at radius 2 is 2.06 bits per heavy atom. The number of amides is 1. The van der Waals surface area contributed by atoms with Crippen LogP contribution >= 0.6 is 15.9 Å². The summed E-state index contributed by atoms with van der Waals surface area (Å²) in [5, 5.41) is 0. The quantitative estimate of drug-likeness (QED) is 0.800. The van der Waals surface area contributed by atoms with E-state index >= 15 is 0 Å². The van der Waals surface area contributed by atoms with Gasteiger partial charge in [-0.15, -0.1) is 0 Å². The van der Waals surface area contributed by atoms with Gasteiger partial charge in [0.05, 0.1) is 7.11 Å². The van der Waals surface area contributed by atoms with Crippen molar-refractivity contribution in [2.45, 2.75) is 6.92 Å². The van der Waals surface area contributed by atoms with Crippen molar-refractivity contribution < 1.29 is 18.7 Å². The minimum atomic E-state index is -0.513. The first-order valence-corrected chi connectivity index (χ1v) is 6.09. The lowest BCUT2D eigenvalue weighted by Crippen LogP contribution is -2.36. The lowest BCUT2D eigenvalue weighted by atomic mass is 10.2. The number of esters is 1. The number of ether oxygens (including phenoxy) is 1. The number of carbonyl (C=O) groups excluding carboxylic acids is 2. The van der Waals surface area contributed by atoms with Crippen LogP contribution in [0.25, 0.3) is 0 Å². The lowest BCUT2D eigenvalue weighted by Gasteiger charge is -2.19. The van der Waals surface area contributed by atoms with E-state index in [-0.39, 0.29) is 12.1 Å². The maximum Gasteiger partial charge on any atom is 0.325 e. The molecule has 0 saturated heterocycles. The fourth-order valence-electron chi connectivity index (χ4n) is 1.41. The Morgan fingerprint density at radius 3 is 2.56 bits per heavy atom. The van der Waals surface area contributed by atoms with Gasteiger partial charge in [-0.1, -0.05) is 15.9 Å². The molecule has 1 rings (SSSR count). The number of methoxy groups -OCH3 is 1. The van der Waals surface area contributed by atoms with Gasteiger partial charge in [0.2, 0.25) is 0 Å². The third-order valence-corrected chi connectivity index (χ3v) is 2.78. The Morgan fingerprint density at radius 1 is 1.39 bits per heavy atom. The molecule has 0 fully saturated rings. The highest BCUT2D eigenvalue weighted by molar-refractivity contribution is 9.10. The molecule has 0 unspecified atom stereocenters. The summed E-state index contributed by atoms with van der Waals surface area (Å²) < 4.78 is 18.2. The van der Waals surface area contributed by atoms with Crippen LogP contribution in [0.15, 0.2) is 22.7 Å². The summed E-state index contributed by atoms with van der Waals surface area (Å²) in [6, 6.07) is 3.89. The molecule has 1 aromatic carbocycles. The van der Waals surface area contributed by atoms with Crippen LogP contribution in [0.2, 0.25) is 0 Å². The Labute approximate surface area is 113 Å². The molecule has 6 heteroatoms. The highest BCUT2D eigenvalue weighted by Crippen LogP contribution is 2.16. The third-order valence-electron chi connectivity index (χ3n) is 2.33. The average molecular weight is 318 g/mol. The lowest BCUT2D eigenvalue weighted by molar-refractivity contribution is -0.141. The number of halogens is 2. The molecule has 0 radical (unpaired) electrons. The van der Waals surface area contributed by atoms with Gasteiger partial charge in [-0.05, 0) is 25.1 Å². The zero-order valence-corrected chi connectivity index (χ0v) is 11.7. The van der Waals surface area contributed by atoms with E-state index in [2.05, 4.69) is 20.7 Å². The van der Waals surface area contributed by atoms with E-state index in [1.54, 1.807) is 6.92 Å². The van der Waals surface area contributed by atoms with Gasteiger partial charge in [-0.3, -0.25) is 9.59 Å². The standard InChI is InChI=1S/C12H13BrFNO3/c1-3-15(7-11(16)18-2)12(17)8-4-9(13)6-10(14)5-8/h4-6H,3,7H2,1-2H3. The number of benzene rings is 1. The zero-order chi connectivity index (χ0) is 13.7. The van der Waals surface area contributed by atoms with Crippen molar-refractivity contribution in [2.24, 2.45) is 0 Å². The number of nitrogens with zero attached hydrogens (tertiary/aromatic N) is 1. The Kier molecular flexibility index (Phi) is 5.27. The second-order valence-corrected chi connectivity index (χ2v) is 4.47. The van der Waals surface area contributed by atoms with Crippen molar-refractivity contribution in [3.8, 4) is 0 Å². The van der Waals surface area contributed by atoms with Gasteiger partial charge in [-0.25, -0.2) is 4.39 Å². The minimum Gasteiger partial charge on any atom is -0.468 e. The largest absolute Gasteiger partial charge is 0.468 e. The van der Waals surface area contributed by atoms with Crippen LogP contribution in [-0.2, 0) is 9.53 Å². The first-order valence-electron chi connectivity index (χ1n) is 5.30. The van der Waals surface area contributed by atoms with Gasteiger partial charge in [0.1, 0.15) is 12.4 Å². The number of carbonyl (C=O) groups is 2. The summed E-state index contributed by atoms with van der Waals surface area (Å²) in [5.41, 5.74) is 0.188. The number of hydrogen-bond donors (Lipinski definition) is 0. The zero-order valence-electron chi connectivity index (χ0n) is 10.1. The van der Waals surface area contributed by atoms with Gasteiger partial charge < -0.3 is 9.64 Å². The normalized spacial score (nSPS) is 10.0. The molecule has 0 heterocycles. The molecule has 98 valence electrons. The molecule has 18 heavy (non-hydrogen) atoms. The predicted molar refractivity (Wildman–Crippen MR) is 67.7 cm³/mol. The molecule has 0 N–H and O–H groups in total. The first-order chi connectivity index (χ1) is 8.47. The van der Waals surface area contributed by atoms with E-state index in [1.807, 2.05) is 0 Å². The summed E-state index contributed by atoms with van der Waals surface area (Å²) in [4.78, 5) is 24.5. The number of likely N-dealkylation sites (N-methyl/N-ethyl adjacent to an activating group) is 1. The molecule has 0 aliphatic heterocycles. The number of hydrogen-bond acceptors (Lipinski definition) is 3. The second-order valence-electron chi connectivity index (χ2n) is 3.55. The topological polar surface area (TPSA) is 46.6 Å². The first kappa shape index (κ1) is 14.6. The van der Waals surface area contributed by atoms with Crippen LogP contribution in [-0.4, -0.2) is 37.0 Å². The van der Waals surface area contributed by atoms with E-state index in [1.165, 1.54) is 24.1 Å². The predicted octanol–water partition coefficient (Wildman–Crippen LogP) is 2.22. The second kappa shape index (κ2) is 6.49. The van der Waals surface area contributed by atoms with Gasteiger partial charge in [0, 0.05) is 16.6 Å². The molecule has 4 nitrogen and oxygen atoms in total. The van der Waals surface area contributed by atoms with E-state index in [0.29, 0.717) is 11.0 Å². The van der Waals surface area contributed by atoms with Gasteiger partial charge >= 0.3 is 5.97 Å². The molecule has 0 spiro atoms. The van der Waals surface area contributed by atoms with Crippen LogP contribution < -0.4 is 0 Å². The van der Waals surface area contributed by atoms with E-state index in [0.717, 1.165) is 6.07 Å². The van der Waals surface area contributed by atoms with Gasteiger partial charge in [-0.2, -0.15) is 0 Å². The fraction of sp³-hybridized carbons (Fsp3) is 0.333. The molecule has 0 saturated carbocycles. The maximum atomic E-state index is 13.2. The molecule has 0 aliphatic rings. The summed E-state index contributed by atoms with van der Waals surface area (Å²) in [7, 11) is 1.25. The monoisotopic (exact) mass is 317 g/mol. The van der Waals surface area contributed by atoms with E-state index in [9.17, 15) is 14.0 Å². The summed E-state index contributed by atoms with van der Waals surface area (Å²) in [5.74, 6) is -1.44. The summed E-state index contributed by atoms with van der Waals surface area (Å²) >= 11 is 3.11. The van der Waals surface area contributed by atoms with Gasteiger partial charge in [0.15, 0.2) is 0 Å². The van der Waals surface area contributed by atoms with Crippen molar-refractivity contribution in [3.05, 3.63) is 34.1 Å². The Bertz CT molecular complexity index is 444. The van der Waals surface area contributed by atoms with Crippen LogP contribution in [0, 0.1) is 5.82 Å². The molecule has 1 aromatic rings. The molecule has 0 aliphatic carbocycles. The highest BCUT2D eigenvalue weighted by Gasteiger charge is 2.18. The van der Waals surface area contributed by atoms with Crippen molar-refractivity contribution >= 4 is 27.8 Å². The Balaban J connectivity index is 2.92. The van der Waals surface area contributed by atoms with Crippen LogP contribution in [0.3, 0.4) is 0 Å². The van der Waals surface area contributed by atoms with Crippen molar-refractivity contribution in [2.75, 3.05) is 20.2 Å². The minimum absolute atomic E-state index is 0.153. The maximum absolute atomic E-state index is 13.2. The van der Waals surface area contributed by atoms with Gasteiger partial charge in [0.25, 0.3) is 5.91 Å². The third kappa shape index (κ3) is 3.80.